The van der Waals surface area contributed by atoms with E-state index in [0.29, 0.717) is 6.07 Å². The number of nitrogen functional groups attached to an aromatic ring is 1. The van der Waals surface area contributed by atoms with E-state index in [2.05, 4.69) is 0 Å². The quantitative estimate of drug-likeness (QED) is 0.497. The maximum atomic E-state index is 12.9. The van der Waals surface area contributed by atoms with Crippen molar-refractivity contribution in [2.45, 2.75) is 6.18 Å². The van der Waals surface area contributed by atoms with E-state index in [1.807, 2.05) is 5.43 Å². The molecule has 0 aromatic heterocycles. The molecule has 1 aromatic rings. The molecule has 0 saturated heterocycles. The lowest BCUT2D eigenvalue weighted by molar-refractivity contribution is -0.137. The van der Waals surface area contributed by atoms with Crippen LogP contribution in [0.2, 0.25) is 0 Å². The summed E-state index contributed by atoms with van der Waals surface area (Å²) in [6.45, 7) is -0.796. The lowest BCUT2D eigenvalue weighted by atomic mass is 10.1. The van der Waals surface area contributed by atoms with Crippen molar-refractivity contribution in [2.24, 2.45) is 5.84 Å². The van der Waals surface area contributed by atoms with Gasteiger partial charge in [0.25, 0.3) is 5.91 Å². The number of carbonyl (C=O) groups is 1. The molecule has 0 spiro atoms. The third kappa shape index (κ3) is 3.84. The summed E-state index contributed by atoms with van der Waals surface area (Å²) in [6.07, 6.45) is -4.70. The molecule has 0 radical (unpaired) electrons. The van der Waals surface area contributed by atoms with Crippen molar-refractivity contribution in [1.29, 1.82) is 10.5 Å². The average molecular weight is 297 g/mol. The van der Waals surface area contributed by atoms with Crippen molar-refractivity contribution in [3.8, 4) is 12.1 Å². The lowest BCUT2D eigenvalue weighted by Crippen LogP contribution is -2.32. The van der Waals surface area contributed by atoms with Gasteiger partial charge in [0, 0.05) is 5.56 Å². The second kappa shape index (κ2) is 6.59. The molecule has 1 aromatic carbocycles. The Labute approximate surface area is 118 Å². The Morgan fingerprint density at radius 2 is 1.86 bits per heavy atom. The Bertz CT molecular complexity index is 599. The highest BCUT2D eigenvalue weighted by atomic mass is 19.4. The normalized spacial score (nSPS) is 10.4. The molecular formula is C12H10F3N5O. The summed E-state index contributed by atoms with van der Waals surface area (Å²) >= 11 is 0. The van der Waals surface area contributed by atoms with E-state index in [0.717, 1.165) is 17.0 Å². The second-order valence-electron chi connectivity index (χ2n) is 3.88. The third-order valence-electron chi connectivity index (χ3n) is 2.54. The number of nitriles is 2. The number of carbonyl (C=O) groups excluding carboxylic acids is 1. The fourth-order valence-electron chi connectivity index (χ4n) is 1.59. The Kier molecular flexibility index (Phi) is 5.11. The van der Waals surface area contributed by atoms with Crippen LogP contribution in [0, 0.1) is 22.7 Å². The van der Waals surface area contributed by atoms with Gasteiger partial charge in [-0.05, 0) is 18.2 Å². The molecule has 0 aliphatic carbocycles. The summed E-state index contributed by atoms with van der Waals surface area (Å²) in [4.78, 5) is 12.8. The van der Waals surface area contributed by atoms with Gasteiger partial charge in [-0.3, -0.25) is 10.6 Å². The highest BCUT2D eigenvalue weighted by Crippen LogP contribution is 2.35. The first-order valence-corrected chi connectivity index (χ1v) is 5.56. The summed E-state index contributed by atoms with van der Waals surface area (Å²) in [5.74, 6) is 4.16. The first-order chi connectivity index (χ1) is 9.85. The van der Waals surface area contributed by atoms with Crippen LogP contribution < -0.4 is 11.3 Å². The number of halogens is 3. The molecule has 1 rings (SSSR count). The van der Waals surface area contributed by atoms with Crippen LogP contribution in [-0.2, 0) is 6.18 Å². The largest absolute Gasteiger partial charge is 0.418 e. The maximum Gasteiger partial charge on any atom is 0.418 e. The fourth-order valence-corrected chi connectivity index (χ4v) is 1.59. The van der Waals surface area contributed by atoms with E-state index >= 15 is 0 Å². The second-order valence-corrected chi connectivity index (χ2v) is 3.88. The van der Waals surface area contributed by atoms with E-state index in [-0.39, 0.29) is 11.3 Å². The van der Waals surface area contributed by atoms with Crippen molar-refractivity contribution >= 4 is 11.6 Å². The van der Waals surface area contributed by atoms with Gasteiger partial charge < -0.3 is 10.3 Å². The number of alkyl halides is 3. The predicted molar refractivity (Wildman–Crippen MR) is 66.4 cm³/mol. The third-order valence-corrected chi connectivity index (χ3v) is 2.54. The maximum absolute atomic E-state index is 12.9. The van der Waals surface area contributed by atoms with E-state index in [1.54, 1.807) is 12.1 Å². The molecule has 0 aliphatic heterocycles. The first kappa shape index (κ1) is 16.3. The molecule has 6 nitrogen and oxygen atoms in total. The number of benzene rings is 1. The molecule has 3 N–H and O–H groups in total. The Balaban J connectivity index is 3.23. The number of hydrogen-bond acceptors (Lipinski definition) is 5. The smallest absolute Gasteiger partial charge is 0.324 e. The van der Waals surface area contributed by atoms with Crippen LogP contribution in [0.25, 0.3) is 0 Å². The highest BCUT2D eigenvalue weighted by Gasteiger charge is 2.34. The number of nitrogens with two attached hydrogens (primary N) is 1. The first-order valence-electron chi connectivity index (χ1n) is 5.56. The van der Waals surface area contributed by atoms with Crippen LogP contribution in [0.15, 0.2) is 18.2 Å². The highest BCUT2D eigenvalue weighted by molar-refractivity contribution is 5.95. The fraction of sp³-hybridized carbons (Fsp3) is 0.250. The topological polar surface area (TPSA) is 106 Å². The molecule has 0 saturated carbocycles. The van der Waals surface area contributed by atoms with Gasteiger partial charge in [-0.2, -0.15) is 23.7 Å². The lowest BCUT2D eigenvalue weighted by Gasteiger charge is -2.18. The van der Waals surface area contributed by atoms with Crippen LogP contribution in [0.3, 0.4) is 0 Å². The Hall–Kier alpha value is -2.78. The molecule has 0 heterocycles. The molecule has 0 atom stereocenters. The van der Waals surface area contributed by atoms with Gasteiger partial charge in [-0.25, -0.2) is 0 Å². The molecule has 1 amide bonds. The molecule has 0 fully saturated rings. The predicted octanol–water partition coefficient (Wildman–Crippen LogP) is 1.48. The number of hydrogen-bond donors (Lipinski definition) is 2. The van der Waals surface area contributed by atoms with E-state index < -0.39 is 30.7 Å². The molecular weight excluding hydrogens is 287 g/mol. The van der Waals surface area contributed by atoms with Gasteiger partial charge >= 0.3 is 6.18 Å². The number of amides is 1. The van der Waals surface area contributed by atoms with Crippen LogP contribution in [0.5, 0.6) is 0 Å². The minimum Gasteiger partial charge on any atom is -0.324 e. The zero-order valence-corrected chi connectivity index (χ0v) is 10.6. The van der Waals surface area contributed by atoms with Gasteiger partial charge in [0.1, 0.15) is 13.1 Å². The van der Waals surface area contributed by atoms with Crippen LogP contribution in [-0.4, -0.2) is 23.9 Å². The van der Waals surface area contributed by atoms with Crippen LogP contribution in [0.4, 0.5) is 18.9 Å². The van der Waals surface area contributed by atoms with Crippen LogP contribution in [0.1, 0.15) is 15.9 Å². The van der Waals surface area contributed by atoms with Gasteiger partial charge in [-0.15, -0.1) is 0 Å². The molecule has 0 bridgehead atoms. The zero-order chi connectivity index (χ0) is 16.0. The monoisotopic (exact) mass is 297 g/mol. The number of hydrazine groups is 1. The number of rotatable bonds is 4. The van der Waals surface area contributed by atoms with E-state index in [4.69, 9.17) is 16.4 Å². The number of nitrogens with one attached hydrogen (secondary N) is 1. The molecule has 21 heavy (non-hydrogen) atoms. The van der Waals surface area contributed by atoms with Crippen molar-refractivity contribution in [3.63, 3.8) is 0 Å². The minimum absolute atomic E-state index is 0.285. The SMILES string of the molecule is N#CCN(CC#N)C(=O)c1ccc(NN)c(C(F)(F)F)c1. The summed E-state index contributed by atoms with van der Waals surface area (Å²) in [6, 6.07) is 6.10. The van der Waals surface area contributed by atoms with Crippen molar-refractivity contribution < 1.29 is 18.0 Å². The summed E-state index contributed by atoms with van der Waals surface area (Å²) in [5, 5.41) is 17.1. The van der Waals surface area contributed by atoms with Crippen molar-refractivity contribution in [3.05, 3.63) is 29.3 Å². The number of anilines is 1. The summed E-state index contributed by atoms with van der Waals surface area (Å²) < 4.78 is 38.6. The number of nitrogens with zero attached hydrogens (tertiary/aromatic N) is 3. The zero-order valence-electron chi connectivity index (χ0n) is 10.6. The molecule has 110 valence electrons. The van der Waals surface area contributed by atoms with Gasteiger partial charge in [0.2, 0.25) is 0 Å². The van der Waals surface area contributed by atoms with Gasteiger partial charge in [0.05, 0.1) is 23.4 Å². The summed E-state index contributed by atoms with van der Waals surface area (Å²) in [5.41, 5.74) is 0.123. The van der Waals surface area contributed by atoms with Gasteiger partial charge in [0.15, 0.2) is 0 Å². The molecule has 9 heteroatoms. The molecule has 0 aliphatic rings. The van der Waals surface area contributed by atoms with Gasteiger partial charge in [-0.1, -0.05) is 0 Å². The van der Waals surface area contributed by atoms with E-state index in [1.165, 1.54) is 0 Å². The minimum atomic E-state index is -4.70. The van der Waals surface area contributed by atoms with E-state index in [9.17, 15) is 18.0 Å². The Morgan fingerprint density at radius 1 is 1.29 bits per heavy atom. The standard InChI is InChI=1S/C12H10F3N5O/c13-12(14,15)9-7-8(1-2-10(9)19-18)11(21)20(5-3-16)6-4-17/h1-2,7,19H,5-6,18H2. The summed E-state index contributed by atoms with van der Waals surface area (Å²) in [7, 11) is 0. The van der Waals surface area contributed by atoms with Crippen molar-refractivity contribution in [1.82, 2.24) is 4.90 Å². The average Bonchev–Trinajstić information content (AvgIpc) is 2.44. The molecule has 0 unspecified atom stereocenters. The van der Waals surface area contributed by atoms with Crippen LogP contribution >= 0.6 is 0 Å². The Morgan fingerprint density at radius 3 is 2.29 bits per heavy atom. The van der Waals surface area contributed by atoms with Crippen molar-refractivity contribution in [2.75, 3.05) is 18.5 Å².